The van der Waals surface area contributed by atoms with Crippen LogP contribution in [0.1, 0.15) is 61.1 Å². The Balaban J connectivity index is 1.43. The first-order chi connectivity index (χ1) is 16.8. The van der Waals surface area contributed by atoms with Gasteiger partial charge in [0.2, 0.25) is 5.91 Å². The van der Waals surface area contributed by atoms with Crippen molar-refractivity contribution in [2.24, 2.45) is 5.92 Å². The number of nitrogens with zero attached hydrogens (tertiary/aromatic N) is 1. The van der Waals surface area contributed by atoms with Gasteiger partial charge in [-0.2, -0.15) is 0 Å². The lowest BCUT2D eigenvalue weighted by Gasteiger charge is -2.30. The zero-order valence-electron chi connectivity index (χ0n) is 19.8. The van der Waals surface area contributed by atoms with Gasteiger partial charge in [0.15, 0.2) is 0 Å². The maximum Gasteiger partial charge on any atom is 0.220 e. The van der Waals surface area contributed by atoms with Crippen LogP contribution in [0.3, 0.4) is 0 Å². The molecule has 0 radical (unpaired) electrons. The van der Waals surface area contributed by atoms with Crippen LogP contribution in [0.5, 0.6) is 0 Å². The van der Waals surface area contributed by atoms with E-state index in [9.17, 15) is 4.79 Å². The van der Waals surface area contributed by atoms with E-state index in [1.807, 2.05) is 18.2 Å². The zero-order valence-corrected chi connectivity index (χ0v) is 19.8. The van der Waals surface area contributed by atoms with Crippen LogP contribution >= 0.6 is 0 Å². The molecule has 1 aliphatic carbocycles. The second kappa shape index (κ2) is 10.7. The van der Waals surface area contributed by atoms with Crippen LogP contribution in [0.4, 0.5) is 0 Å². The number of fused-ring (bicyclic) bond motifs is 1. The highest BCUT2D eigenvalue weighted by Crippen LogP contribution is 2.41. The Labute approximate surface area is 202 Å². The highest BCUT2D eigenvalue weighted by Gasteiger charge is 2.29. The number of amides is 1. The van der Waals surface area contributed by atoms with Crippen LogP contribution in [0.25, 0.3) is 10.9 Å². The molecule has 4 aromatic rings. The summed E-state index contributed by atoms with van der Waals surface area (Å²) in [5.74, 6) is 0.963. The highest BCUT2D eigenvalue weighted by atomic mass is 16.1. The van der Waals surface area contributed by atoms with Crippen molar-refractivity contribution in [2.75, 3.05) is 0 Å². The van der Waals surface area contributed by atoms with Gasteiger partial charge in [0.25, 0.3) is 0 Å². The average Bonchev–Trinajstić information content (AvgIpc) is 3.26. The summed E-state index contributed by atoms with van der Waals surface area (Å²) in [6.45, 7) is 1.44. The van der Waals surface area contributed by atoms with E-state index >= 15 is 0 Å². The summed E-state index contributed by atoms with van der Waals surface area (Å²) in [6.07, 6.45) is 9.19. The number of hydrogen-bond donors (Lipinski definition) is 1. The number of carbonyl (C=O) groups excluding carboxylic acids is 1. The molecule has 3 heteroatoms. The monoisotopic (exact) mass is 450 g/mol. The summed E-state index contributed by atoms with van der Waals surface area (Å²) in [4.78, 5) is 13.2. The van der Waals surface area contributed by atoms with Crippen molar-refractivity contribution in [1.29, 1.82) is 0 Å². The first-order valence-electron chi connectivity index (χ1n) is 12.7. The number of carbonyl (C=O) groups is 1. The molecule has 1 fully saturated rings. The summed E-state index contributed by atoms with van der Waals surface area (Å²) < 4.78 is 2.37. The van der Waals surface area contributed by atoms with Crippen LogP contribution in [-0.2, 0) is 17.9 Å². The number of nitrogens with one attached hydrogen (secondary N) is 1. The quantitative estimate of drug-likeness (QED) is 0.306. The molecule has 1 atom stereocenters. The predicted molar refractivity (Wildman–Crippen MR) is 140 cm³/mol. The predicted octanol–water partition coefficient (Wildman–Crippen LogP) is 7.06. The van der Waals surface area contributed by atoms with E-state index in [4.69, 9.17) is 0 Å². The van der Waals surface area contributed by atoms with Gasteiger partial charge in [-0.15, -0.1) is 0 Å². The third kappa shape index (κ3) is 5.25. The second-order valence-electron chi connectivity index (χ2n) is 9.69. The van der Waals surface area contributed by atoms with Crippen LogP contribution < -0.4 is 5.32 Å². The Kier molecular flexibility index (Phi) is 7.09. The van der Waals surface area contributed by atoms with Crippen LogP contribution in [0.15, 0.2) is 91.1 Å². The van der Waals surface area contributed by atoms with Gasteiger partial charge in [0, 0.05) is 36.6 Å². The third-order valence-electron chi connectivity index (χ3n) is 7.37. The summed E-state index contributed by atoms with van der Waals surface area (Å²) in [7, 11) is 0. The lowest BCUT2D eigenvalue weighted by Crippen LogP contribution is -2.27. The van der Waals surface area contributed by atoms with Crippen LogP contribution in [0.2, 0.25) is 0 Å². The van der Waals surface area contributed by atoms with Gasteiger partial charge in [-0.3, -0.25) is 4.79 Å². The van der Waals surface area contributed by atoms with Crippen LogP contribution in [-0.4, -0.2) is 10.5 Å². The molecule has 0 aliphatic heterocycles. The van der Waals surface area contributed by atoms with Crippen molar-refractivity contribution in [2.45, 2.75) is 57.5 Å². The Morgan fingerprint density at radius 1 is 0.824 bits per heavy atom. The minimum absolute atomic E-state index is 0.152. The van der Waals surface area contributed by atoms with Crippen molar-refractivity contribution in [3.05, 3.63) is 108 Å². The SMILES string of the molecule is O=C(C[C@H](c1cn(Cc2ccccc2)c2ccccc12)C1CCCCC1)NCc1ccccc1. The molecule has 0 saturated heterocycles. The Morgan fingerprint density at radius 3 is 2.21 bits per heavy atom. The van der Waals surface area contributed by atoms with Gasteiger partial charge in [0.1, 0.15) is 0 Å². The second-order valence-corrected chi connectivity index (χ2v) is 9.69. The van der Waals surface area contributed by atoms with Gasteiger partial charge in [0.05, 0.1) is 0 Å². The van der Waals surface area contributed by atoms with Gasteiger partial charge < -0.3 is 9.88 Å². The van der Waals surface area contributed by atoms with Crippen molar-refractivity contribution >= 4 is 16.8 Å². The maximum atomic E-state index is 13.2. The molecular weight excluding hydrogens is 416 g/mol. The van der Waals surface area contributed by atoms with Crippen molar-refractivity contribution < 1.29 is 4.79 Å². The fourth-order valence-electron chi connectivity index (χ4n) is 5.62. The normalized spacial score (nSPS) is 15.3. The van der Waals surface area contributed by atoms with Gasteiger partial charge in [-0.05, 0) is 47.4 Å². The molecule has 1 saturated carbocycles. The molecule has 5 rings (SSSR count). The van der Waals surface area contributed by atoms with Gasteiger partial charge >= 0.3 is 0 Å². The summed E-state index contributed by atoms with van der Waals surface area (Å²) in [5.41, 5.74) is 5.04. The molecular formula is C31H34N2O. The smallest absolute Gasteiger partial charge is 0.220 e. The third-order valence-corrected chi connectivity index (χ3v) is 7.37. The number of aromatic nitrogens is 1. The van der Waals surface area contributed by atoms with Crippen molar-refractivity contribution in [1.82, 2.24) is 9.88 Å². The van der Waals surface area contributed by atoms with Crippen LogP contribution in [0, 0.1) is 5.92 Å². The summed E-state index contributed by atoms with van der Waals surface area (Å²) in [6, 6.07) is 29.5. The standard InChI is InChI=1S/C31H34N2O/c34-31(32-21-24-12-4-1-5-13-24)20-28(26-16-8-3-9-17-26)29-23-33(22-25-14-6-2-7-15-25)30-19-11-10-18-27(29)30/h1-2,4-7,10-15,18-19,23,26,28H,3,8-9,16-17,20-22H2,(H,32,34)/t28-/m0/s1. The molecule has 0 spiro atoms. The summed E-state index contributed by atoms with van der Waals surface area (Å²) >= 11 is 0. The van der Waals surface area contributed by atoms with E-state index in [0.29, 0.717) is 18.9 Å². The fraction of sp³-hybridized carbons (Fsp3) is 0.323. The van der Waals surface area contributed by atoms with E-state index < -0.39 is 0 Å². The molecule has 1 N–H and O–H groups in total. The van der Waals surface area contributed by atoms with E-state index in [0.717, 1.165) is 12.1 Å². The molecule has 1 amide bonds. The minimum Gasteiger partial charge on any atom is -0.352 e. The summed E-state index contributed by atoms with van der Waals surface area (Å²) in [5, 5.41) is 4.48. The number of hydrogen-bond acceptors (Lipinski definition) is 1. The Hall–Kier alpha value is -3.33. The molecule has 3 aromatic carbocycles. The van der Waals surface area contributed by atoms with Gasteiger partial charge in [-0.1, -0.05) is 98.1 Å². The Bertz CT molecular complexity index is 1210. The Morgan fingerprint density at radius 2 is 1.47 bits per heavy atom. The molecule has 1 aromatic heterocycles. The first kappa shape index (κ1) is 22.5. The lowest BCUT2D eigenvalue weighted by atomic mass is 9.75. The number of benzene rings is 3. The molecule has 1 aliphatic rings. The molecule has 34 heavy (non-hydrogen) atoms. The zero-order chi connectivity index (χ0) is 23.2. The van der Waals surface area contributed by atoms with Crippen molar-refractivity contribution in [3.8, 4) is 0 Å². The highest BCUT2D eigenvalue weighted by molar-refractivity contribution is 5.86. The number of rotatable bonds is 8. The first-order valence-corrected chi connectivity index (χ1v) is 12.7. The fourth-order valence-corrected chi connectivity index (χ4v) is 5.62. The lowest BCUT2D eigenvalue weighted by molar-refractivity contribution is -0.122. The van der Waals surface area contributed by atoms with Crippen molar-refractivity contribution in [3.63, 3.8) is 0 Å². The van der Waals surface area contributed by atoms with E-state index in [1.165, 1.54) is 54.1 Å². The van der Waals surface area contributed by atoms with E-state index in [-0.39, 0.29) is 11.8 Å². The van der Waals surface area contributed by atoms with Gasteiger partial charge in [-0.25, -0.2) is 0 Å². The molecule has 1 heterocycles. The average molecular weight is 451 g/mol. The topological polar surface area (TPSA) is 34.0 Å². The van der Waals surface area contributed by atoms with E-state index in [2.05, 4.69) is 82.8 Å². The molecule has 3 nitrogen and oxygen atoms in total. The number of para-hydroxylation sites is 1. The maximum absolute atomic E-state index is 13.2. The largest absolute Gasteiger partial charge is 0.352 e. The molecule has 174 valence electrons. The van der Waals surface area contributed by atoms with E-state index in [1.54, 1.807) is 0 Å². The molecule has 0 unspecified atom stereocenters. The minimum atomic E-state index is 0.152. The molecule has 0 bridgehead atoms.